The van der Waals surface area contributed by atoms with Crippen molar-refractivity contribution in [3.8, 4) is 0 Å². The van der Waals surface area contributed by atoms with E-state index in [4.69, 9.17) is 0 Å². The molecule has 0 radical (unpaired) electrons. The first-order chi connectivity index (χ1) is 8.13. The summed E-state index contributed by atoms with van der Waals surface area (Å²) in [7, 11) is 1.59. The summed E-state index contributed by atoms with van der Waals surface area (Å²) < 4.78 is 0. The fourth-order valence-electron chi connectivity index (χ4n) is 2.10. The van der Waals surface area contributed by atoms with Crippen LogP contribution in [0.3, 0.4) is 0 Å². The maximum Gasteiger partial charge on any atom is 0.230 e. The number of pyridine rings is 1. The smallest absolute Gasteiger partial charge is 0.230 e. The van der Waals surface area contributed by atoms with E-state index in [0.717, 1.165) is 11.3 Å². The fourth-order valence-corrected chi connectivity index (χ4v) is 2.10. The van der Waals surface area contributed by atoms with E-state index in [0.29, 0.717) is 13.1 Å². The molecule has 0 aromatic carbocycles. The molecule has 90 valence electrons. The van der Waals surface area contributed by atoms with E-state index in [2.05, 4.69) is 10.3 Å². The molecule has 0 saturated carbocycles. The molecule has 0 saturated heterocycles. The van der Waals surface area contributed by atoms with Gasteiger partial charge in [0.1, 0.15) is 0 Å². The van der Waals surface area contributed by atoms with Crippen molar-refractivity contribution in [3.05, 3.63) is 29.6 Å². The predicted octanol–water partition coefficient (Wildman–Crippen LogP) is 0.273. The first kappa shape index (κ1) is 11.6. The van der Waals surface area contributed by atoms with Gasteiger partial charge in [0.15, 0.2) is 0 Å². The summed E-state index contributed by atoms with van der Waals surface area (Å²) in [5.74, 6) is -0.488. The average Bonchev–Trinajstić information content (AvgIpc) is 2.36. The quantitative estimate of drug-likeness (QED) is 0.757. The second kappa shape index (κ2) is 4.53. The number of rotatable bonds is 1. The lowest BCUT2D eigenvalue weighted by atomic mass is 9.94. The fraction of sp³-hybridized carbons (Fsp3) is 0.417. The van der Waals surface area contributed by atoms with Gasteiger partial charge in [0.05, 0.1) is 11.6 Å². The van der Waals surface area contributed by atoms with Gasteiger partial charge in [-0.15, -0.1) is 0 Å². The number of aromatic nitrogens is 1. The van der Waals surface area contributed by atoms with Crippen LogP contribution in [0.5, 0.6) is 0 Å². The topological polar surface area (TPSA) is 62.3 Å². The monoisotopic (exact) mass is 233 g/mol. The molecule has 5 nitrogen and oxygen atoms in total. The third-order valence-electron chi connectivity index (χ3n) is 3.03. The summed E-state index contributed by atoms with van der Waals surface area (Å²) in [5, 5.41) is 2.62. The van der Waals surface area contributed by atoms with E-state index < -0.39 is 0 Å². The molecule has 1 aromatic rings. The van der Waals surface area contributed by atoms with E-state index in [-0.39, 0.29) is 17.7 Å². The summed E-state index contributed by atoms with van der Waals surface area (Å²) in [6.45, 7) is 2.45. The zero-order valence-corrected chi connectivity index (χ0v) is 9.93. The second-order valence-electron chi connectivity index (χ2n) is 4.11. The number of fused-ring (bicyclic) bond motifs is 1. The number of likely N-dealkylation sites (N-methyl/N-ethyl adjacent to an activating group) is 1. The van der Waals surface area contributed by atoms with Crippen molar-refractivity contribution in [1.29, 1.82) is 0 Å². The summed E-state index contributed by atoms with van der Waals surface area (Å²) >= 11 is 0. The maximum atomic E-state index is 11.8. The van der Waals surface area contributed by atoms with Crippen LogP contribution in [0.4, 0.5) is 0 Å². The molecule has 0 bridgehead atoms. The molecule has 17 heavy (non-hydrogen) atoms. The van der Waals surface area contributed by atoms with E-state index >= 15 is 0 Å². The van der Waals surface area contributed by atoms with Gasteiger partial charge in [-0.25, -0.2) is 0 Å². The van der Waals surface area contributed by atoms with Crippen molar-refractivity contribution in [2.24, 2.45) is 0 Å². The molecule has 0 spiro atoms. The van der Waals surface area contributed by atoms with Crippen LogP contribution >= 0.6 is 0 Å². The molecule has 1 aliphatic rings. The van der Waals surface area contributed by atoms with Crippen LogP contribution < -0.4 is 5.32 Å². The maximum absolute atomic E-state index is 11.8. The highest BCUT2D eigenvalue weighted by atomic mass is 16.2. The van der Waals surface area contributed by atoms with E-state index in [9.17, 15) is 9.59 Å². The van der Waals surface area contributed by atoms with Gasteiger partial charge < -0.3 is 10.2 Å². The number of amides is 2. The Bertz CT molecular complexity index is 459. The van der Waals surface area contributed by atoms with Gasteiger partial charge in [-0.05, 0) is 11.6 Å². The number of nitrogens with zero attached hydrogens (tertiary/aromatic N) is 2. The minimum Gasteiger partial charge on any atom is -0.359 e. The van der Waals surface area contributed by atoms with Gasteiger partial charge in [0, 0.05) is 33.3 Å². The lowest BCUT2D eigenvalue weighted by molar-refractivity contribution is -0.131. The van der Waals surface area contributed by atoms with E-state index in [1.165, 1.54) is 6.92 Å². The van der Waals surface area contributed by atoms with Crippen molar-refractivity contribution in [2.45, 2.75) is 19.4 Å². The van der Waals surface area contributed by atoms with Crippen LogP contribution in [0, 0.1) is 0 Å². The van der Waals surface area contributed by atoms with Gasteiger partial charge in [0.25, 0.3) is 0 Å². The molecule has 0 fully saturated rings. The molecule has 1 atom stereocenters. The largest absolute Gasteiger partial charge is 0.359 e. The third kappa shape index (κ3) is 2.13. The van der Waals surface area contributed by atoms with Crippen molar-refractivity contribution in [3.63, 3.8) is 0 Å². The Morgan fingerprint density at radius 3 is 2.94 bits per heavy atom. The lowest BCUT2D eigenvalue weighted by Gasteiger charge is -2.32. The Balaban J connectivity index is 2.39. The molecular formula is C12H15N3O2. The Hall–Kier alpha value is -1.91. The lowest BCUT2D eigenvalue weighted by Crippen LogP contribution is -2.42. The summed E-state index contributed by atoms with van der Waals surface area (Å²) in [6.07, 6.45) is 1.68. The van der Waals surface area contributed by atoms with Gasteiger partial charge in [0.2, 0.25) is 11.8 Å². The van der Waals surface area contributed by atoms with Crippen LogP contribution in [0.1, 0.15) is 24.1 Å². The van der Waals surface area contributed by atoms with Gasteiger partial charge in [-0.2, -0.15) is 0 Å². The van der Waals surface area contributed by atoms with Crippen LogP contribution in [0.25, 0.3) is 0 Å². The van der Waals surface area contributed by atoms with Crippen LogP contribution in [-0.2, 0) is 16.1 Å². The van der Waals surface area contributed by atoms with E-state index in [1.54, 1.807) is 18.1 Å². The minimum atomic E-state index is -0.367. The van der Waals surface area contributed by atoms with Crippen LogP contribution in [-0.4, -0.2) is 35.3 Å². The first-order valence-electron chi connectivity index (χ1n) is 5.54. The summed E-state index contributed by atoms with van der Waals surface area (Å²) in [4.78, 5) is 29.2. The minimum absolute atomic E-state index is 0.0200. The average molecular weight is 233 g/mol. The van der Waals surface area contributed by atoms with Crippen molar-refractivity contribution in [1.82, 2.24) is 15.2 Å². The Morgan fingerprint density at radius 1 is 1.53 bits per heavy atom. The second-order valence-corrected chi connectivity index (χ2v) is 4.11. The van der Waals surface area contributed by atoms with E-state index in [1.807, 2.05) is 12.1 Å². The molecular weight excluding hydrogens is 218 g/mol. The number of hydrogen-bond acceptors (Lipinski definition) is 3. The first-order valence-corrected chi connectivity index (χ1v) is 5.54. The normalized spacial score (nSPS) is 18.5. The Kier molecular flexibility index (Phi) is 3.08. The summed E-state index contributed by atoms with van der Waals surface area (Å²) in [6, 6.07) is 3.73. The predicted molar refractivity (Wildman–Crippen MR) is 62.1 cm³/mol. The standard InChI is InChI=1S/C12H15N3O2/c1-8(16)15-6-9-4-3-5-14-11(9)10(7-15)12(17)13-2/h3-5,10H,6-7H2,1-2H3,(H,13,17). The molecule has 2 heterocycles. The van der Waals surface area contributed by atoms with Crippen LogP contribution in [0.15, 0.2) is 18.3 Å². The SMILES string of the molecule is CNC(=O)C1CN(C(C)=O)Cc2cccnc21. The number of hydrogen-bond donors (Lipinski definition) is 1. The molecule has 1 unspecified atom stereocenters. The highest BCUT2D eigenvalue weighted by Gasteiger charge is 2.31. The molecule has 2 amide bonds. The van der Waals surface area contributed by atoms with Gasteiger partial charge >= 0.3 is 0 Å². The molecule has 1 aliphatic heterocycles. The van der Waals surface area contributed by atoms with Crippen molar-refractivity contribution in [2.75, 3.05) is 13.6 Å². The van der Waals surface area contributed by atoms with Gasteiger partial charge in [-0.3, -0.25) is 14.6 Å². The molecule has 2 rings (SSSR count). The highest BCUT2D eigenvalue weighted by Crippen LogP contribution is 2.26. The van der Waals surface area contributed by atoms with Crippen molar-refractivity contribution < 1.29 is 9.59 Å². The van der Waals surface area contributed by atoms with Crippen LogP contribution in [0.2, 0.25) is 0 Å². The molecule has 1 aromatic heterocycles. The zero-order chi connectivity index (χ0) is 12.4. The molecule has 0 aliphatic carbocycles. The number of carbonyl (C=O) groups is 2. The van der Waals surface area contributed by atoms with Crippen molar-refractivity contribution >= 4 is 11.8 Å². The van der Waals surface area contributed by atoms with Gasteiger partial charge in [-0.1, -0.05) is 6.07 Å². The highest BCUT2D eigenvalue weighted by molar-refractivity contribution is 5.85. The number of nitrogens with one attached hydrogen (secondary N) is 1. The summed E-state index contributed by atoms with van der Waals surface area (Å²) in [5.41, 5.74) is 1.73. The zero-order valence-electron chi connectivity index (χ0n) is 9.93. The third-order valence-corrected chi connectivity index (χ3v) is 3.03. The molecule has 5 heteroatoms. The Morgan fingerprint density at radius 2 is 2.29 bits per heavy atom. The Labute approximate surface area is 99.8 Å². The number of carbonyl (C=O) groups excluding carboxylic acids is 2. The molecule has 1 N–H and O–H groups in total.